The first-order chi connectivity index (χ1) is 11.3. The van der Waals surface area contributed by atoms with E-state index in [1.165, 1.54) is 18.7 Å². The molecule has 0 saturated carbocycles. The molecule has 0 aliphatic heterocycles. The second-order valence-electron chi connectivity index (χ2n) is 4.01. The van der Waals surface area contributed by atoms with Crippen molar-refractivity contribution in [3.05, 3.63) is 67.0 Å². The van der Waals surface area contributed by atoms with Crippen LogP contribution < -0.4 is 0 Å². The number of hydrogen-bond acceptors (Lipinski definition) is 4. The molecule has 1 aromatic carbocycles. The van der Waals surface area contributed by atoms with Gasteiger partial charge in [-0.15, -0.1) is 0 Å². The molecule has 0 aromatic heterocycles. The third-order valence-electron chi connectivity index (χ3n) is 1.97. The molecule has 0 aliphatic rings. The summed E-state index contributed by atoms with van der Waals surface area (Å²) >= 11 is 0. The molecule has 2 N–H and O–H groups in total. The van der Waals surface area contributed by atoms with Crippen LogP contribution in [0.4, 0.5) is 0 Å². The number of aliphatic carboxylic acids is 2. The average Bonchev–Trinajstić information content (AvgIpc) is 2.55. The molecule has 0 spiro atoms. The van der Waals surface area contributed by atoms with Gasteiger partial charge in [-0.05, 0) is 18.1 Å². The summed E-state index contributed by atoms with van der Waals surface area (Å²) in [5.74, 6) is -2.78. The zero-order valence-electron chi connectivity index (χ0n) is 13.7. The second kappa shape index (κ2) is 16.2. The Morgan fingerprint density at radius 1 is 1.08 bits per heavy atom. The number of benzene rings is 1. The van der Waals surface area contributed by atoms with Crippen LogP contribution in [0.15, 0.2) is 61.4 Å². The van der Waals surface area contributed by atoms with Crippen LogP contribution in [0.2, 0.25) is 0 Å². The zero-order chi connectivity index (χ0) is 18.8. The summed E-state index contributed by atoms with van der Waals surface area (Å²) in [4.78, 5) is 29.2. The molecule has 6 heteroatoms. The van der Waals surface area contributed by atoms with E-state index in [0.717, 1.165) is 6.42 Å². The predicted molar refractivity (Wildman–Crippen MR) is 92.1 cm³/mol. The largest absolute Gasteiger partial charge is 0.478 e. The standard InChI is InChI=1S/C8H8.C6H10O2.C4H4O4/c1-2-8-6-4-3-5-7-8;1-3-4-5-8-6(2)7;5-3(6)1-2-4(7)8/h2-7H,1H2;4-5H,3H2,1-2H3;1-2H,(H,5,6)(H,7,8)/b;;2-1-. The van der Waals surface area contributed by atoms with E-state index in [9.17, 15) is 14.4 Å². The van der Waals surface area contributed by atoms with Crippen LogP contribution >= 0.6 is 0 Å². The molecule has 0 fully saturated rings. The maximum absolute atomic E-state index is 10.0. The highest BCUT2D eigenvalue weighted by atomic mass is 16.5. The fourth-order valence-electron chi connectivity index (χ4n) is 0.972. The molecule has 1 rings (SSSR count). The fourth-order valence-corrected chi connectivity index (χ4v) is 0.972. The highest BCUT2D eigenvalue weighted by molar-refractivity contribution is 5.89. The van der Waals surface area contributed by atoms with Gasteiger partial charge in [-0.1, -0.05) is 49.9 Å². The van der Waals surface area contributed by atoms with Crippen molar-refractivity contribution < 1.29 is 29.3 Å². The number of carboxylic acids is 2. The zero-order valence-corrected chi connectivity index (χ0v) is 13.7. The van der Waals surface area contributed by atoms with Crippen molar-refractivity contribution >= 4 is 24.0 Å². The Balaban J connectivity index is 0. The molecule has 0 saturated heterocycles. The van der Waals surface area contributed by atoms with E-state index < -0.39 is 11.9 Å². The lowest BCUT2D eigenvalue weighted by atomic mass is 10.2. The molecule has 0 amide bonds. The monoisotopic (exact) mass is 334 g/mol. The van der Waals surface area contributed by atoms with Crippen LogP contribution in [-0.2, 0) is 19.1 Å². The summed E-state index contributed by atoms with van der Waals surface area (Å²) in [6.45, 7) is 6.98. The Hall–Kier alpha value is -3.15. The molecule has 0 aliphatic carbocycles. The van der Waals surface area contributed by atoms with Crippen LogP contribution in [0.5, 0.6) is 0 Å². The molecule has 0 heterocycles. The maximum atomic E-state index is 10.0. The minimum Gasteiger partial charge on any atom is -0.478 e. The van der Waals surface area contributed by atoms with E-state index in [4.69, 9.17) is 10.2 Å². The van der Waals surface area contributed by atoms with Crippen molar-refractivity contribution in [1.29, 1.82) is 0 Å². The van der Waals surface area contributed by atoms with Crippen molar-refractivity contribution in [1.82, 2.24) is 0 Å². The van der Waals surface area contributed by atoms with Crippen LogP contribution in [0.1, 0.15) is 25.8 Å². The van der Waals surface area contributed by atoms with Crippen molar-refractivity contribution in [3.63, 3.8) is 0 Å². The van der Waals surface area contributed by atoms with Crippen LogP contribution in [0.25, 0.3) is 6.08 Å². The molecule has 6 nitrogen and oxygen atoms in total. The van der Waals surface area contributed by atoms with Gasteiger partial charge in [-0.3, -0.25) is 4.79 Å². The van der Waals surface area contributed by atoms with E-state index >= 15 is 0 Å². The van der Waals surface area contributed by atoms with Gasteiger partial charge in [0.2, 0.25) is 0 Å². The Bertz CT molecular complexity index is 542. The SMILES string of the molecule is C=Cc1ccccc1.CCC=COC(C)=O.O=C(O)/C=C\C(=O)O. The number of carbonyl (C=O) groups excluding carboxylic acids is 1. The number of esters is 1. The average molecular weight is 334 g/mol. The smallest absolute Gasteiger partial charge is 0.328 e. The van der Waals surface area contributed by atoms with Gasteiger partial charge >= 0.3 is 17.9 Å². The van der Waals surface area contributed by atoms with Crippen molar-refractivity contribution in [2.24, 2.45) is 0 Å². The van der Waals surface area contributed by atoms with Crippen molar-refractivity contribution in [3.8, 4) is 0 Å². The Kier molecular flexibility index (Phi) is 15.6. The van der Waals surface area contributed by atoms with Gasteiger partial charge in [0.15, 0.2) is 0 Å². The van der Waals surface area contributed by atoms with Crippen LogP contribution in [-0.4, -0.2) is 28.1 Å². The molecule has 130 valence electrons. The van der Waals surface area contributed by atoms with Crippen LogP contribution in [0, 0.1) is 0 Å². The molecule has 24 heavy (non-hydrogen) atoms. The number of ether oxygens (including phenoxy) is 1. The van der Waals surface area contributed by atoms with E-state index in [-0.39, 0.29) is 5.97 Å². The van der Waals surface area contributed by atoms with Gasteiger partial charge < -0.3 is 14.9 Å². The summed E-state index contributed by atoms with van der Waals surface area (Å²) in [6.07, 6.45) is 7.03. The molecule has 0 radical (unpaired) electrons. The van der Waals surface area contributed by atoms with Gasteiger partial charge in [0.25, 0.3) is 0 Å². The minimum absolute atomic E-state index is 0.269. The fraction of sp³-hybridized carbons (Fsp3) is 0.167. The topological polar surface area (TPSA) is 101 Å². The Labute approximate surface area is 141 Å². The normalized spacial score (nSPS) is 9.25. The van der Waals surface area contributed by atoms with E-state index in [1.807, 2.05) is 43.3 Å². The highest BCUT2D eigenvalue weighted by Gasteiger charge is 1.88. The van der Waals surface area contributed by atoms with E-state index in [2.05, 4.69) is 11.3 Å². The predicted octanol–water partition coefficient (Wildman–Crippen LogP) is 3.51. The maximum Gasteiger partial charge on any atom is 0.328 e. The molecular weight excluding hydrogens is 312 g/mol. The summed E-state index contributed by atoms with van der Waals surface area (Å²) in [6, 6.07) is 10.0. The van der Waals surface area contributed by atoms with E-state index in [0.29, 0.717) is 12.2 Å². The number of rotatable bonds is 5. The lowest BCUT2D eigenvalue weighted by molar-refractivity contribution is -0.135. The lowest BCUT2D eigenvalue weighted by Gasteiger charge is -1.86. The van der Waals surface area contributed by atoms with Gasteiger partial charge in [-0.2, -0.15) is 0 Å². The third kappa shape index (κ3) is 21.2. The summed E-state index contributed by atoms with van der Waals surface area (Å²) in [5, 5.41) is 15.6. The molecule has 0 unspecified atom stereocenters. The van der Waals surface area contributed by atoms with Gasteiger partial charge in [0.05, 0.1) is 6.26 Å². The Morgan fingerprint density at radius 3 is 1.88 bits per heavy atom. The van der Waals surface area contributed by atoms with Crippen LogP contribution in [0.3, 0.4) is 0 Å². The first-order valence-electron chi connectivity index (χ1n) is 6.97. The first-order valence-corrected chi connectivity index (χ1v) is 6.97. The van der Waals surface area contributed by atoms with Crippen molar-refractivity contribution in [2.75, 3.05) is 0 Å². The Morgan fingerprint density at radius 2 is 1.58 bits per heavy atom. The summed E-state index contributed by atoms with van der Waals surface area (Å²) in [7, 11) is 0. The number of allylic oxidation sites excluding steroid dienone is 1. The summed E-state index contributed by atoms with van der Waals surface area (Å²) < 4.78 is 4.46. The molecular formula is C18H22O6. The highest BCUT2D eigenvalue weighted by Crippen LogP contribution is 1.97. The number of hydrogen-bond donors (Lipinski definition) is 2. The second-order valence-corrected chi connectivity index (χ2v) is 4.01. The molecule has 0 atom stereocenters. The first kappa shape index (κ1) is 23.1. The molecule has 1 aromatic rings. The van der Waals surface area contributed by atoms with E-state index in [1.54, 1.807) is 6.08 Å². The third-order valence-corrected chi connectivity index (χ3v) is 1.97. The summed E-state index contributed by atoms with van der Waals surface area (Å²) in [5.41, 5.74) is 1.17. The number of carboxylic acid groups (broad SMARTS) is 2. The van der Waals surface area contributed by atoms with Gasteiger partial charge in [0.1, 0.15) is 0 Å². The lowest BCUT2D eigenvalue weighted by Crippen LogP contribution is -1.91. The minimum atomic E-state index is -1.26. The van der Waals surface area contributed by atoms with Gasteiger partial charge in [0, 0.05) is 19.1 Å². The van der Waals surface area contributed by atoms with Crippen molar-refractivity contribution in [2.45, 2.75) is 20.3 Å². The molecule has 0 bridgehead atoms. The van der Waals surface area contributed by atoms with Gasteiger partial charge in [-0.25, -0.2) is 9.59 Å². The quantitative estimate of drug-likeness (QED) is 0.485. The number of carbonyl (C=O) groups is 3.